The number of hydrogen-bond acceptors (Lipinski definition) is 2. The molecule has 0 heterocycles. The zero-order valence-corrected chi connectivity index (χ0v) is 7.88. The number of carbonyl (C=O) groups excluding carboxylic acids is 2. The van der Waals surface area contributed by atoms with Gasteiger partial charge in [-0.05, 0) is 31.9 Å². The lowest BCUT2D eigenvalue weighted by Crippen LogP contribution is -1.93. The monoisotopic (exact) mass is 178 g/mol. The molecule has 0 N–H and O–H groups in total. The van der Waals surface area contributed by atoms with Crippen LogP contribution < -0.4 is 0 Å². The molecule has 0 saturated heterocycles. The van der Waals surface area contributed by atoms with Crippen molar-refractivity contribution in [2.24, 2.45) is 0 Å². The van der Waals surface area contributed by atoms with Crippen LogP contribution in [0.1, 0.15) is 32.6 Å². The second kappa shape index (κ2) is 7.30. The van der Waals surface area contributed by atoms with Crippen LogP contribution in [-0.2, 0) is 9.59 Å². The summed E-state index contributed by atoms with van der Waals surface area (Å²) in [7, 11) is 0. The Labute approximate surface area is 79.0 Å². The lowest BCUT2D eigenvalue weighted by Gasteiger charge is -1.92. The smallest absolute Gasteiger partial charge is 0.155 e. The van der Waals surface area contributed by atoms with Crippen molar-refractivity contribution in [1.82, 2.24) is 0 Å². The largest absolute Gasteiger partial charge is 0.295 e. The molecule has 0 radical (unpaired) electrons. The molecule has 0 aliphatic rings. The predicted molar refractivity (Wildman–Crippen MR) is 52.1 cm³/mol. The lowest BCUT2D eigenvalue weighted by atomic mass is 10.1. The van der Waals surface area contributed by atoms with E-state index in [1.807, 2.05) is 0 Å². The van der Waals surface area contributed by atoms with E-state index in [0.717, 1.165) is 12.8 Å². The predicted octanol–water partition coefficient (Wildman–Crippen LogP) is 1.89. The maximum Gasteiger partial charge on any atom is 0.155 e. The number of allylic oxidation sites excluding steroid dienone is 2. The van der Waals surface area contributed by atoms with Crippen LogP contribution in [0.3, 0.4) is 0 Å². The van der Waals surface area contributed by atoms with Crippen LogP contribution in [0.4, 0.5) is 0 Å². The molecule has 0 saturated carbocycles. The first-order valence-corrected chi connectivity index (χ1v) is 4.31. The van der Waals surface area contributed by atoms with E-state index < -0.39 is 0 Å². The summed E-state index contributed by atoms with van der Waals surface area (Å²) in [4.78, 5) is 21.5. The van der Waals surface area contributed by atoms with Gasteiger partial charge in [-0.15, -0.1) is 12.3 Å². The summed E-state index contributed by atoms with van der Waals surface area (Å²) in [6.45, 7) is 1.42. The maximum atomic E-state index is 11.0. The highest BCUT2D eigenvalue weighted by atomic mass is 16.1. The van der Waals surface area contributed by atoms with Gasteiger partial charge < -0.3 is 0 Å². The van der Waals surface area contributed by atoms with Crippen LogP contribution in [-0.4, -0.2) is 11.6 Å². The Kier molecular flexibility index (Phi) is 6.53. The zero-order valence-electron chi connectivity index (χ0n) is 7.88. The van der Waals surface area contributed by atoms with E-state index in [1.54, 1.807) is 0 Å². The van der Waals surface area contributed by atoms with Gasteiger partial charge in [0, 0.05) is 12.8 Å². The minimum absolute atomic E-state index is 0.00720. The Morgan fingerprint density at radius 2 is 2.00 bits per heavy atom. The molecule has 0 aromatic carbocycles. The Balaban J connectivity index is 3.53. The van der Waals surface area contributed by atoms with Crippen molar-refractivity contribution in [2.75, 3.05) is 0 Å². The van der Waals surface area contributed by atoms with Gasteiger partial charge in [0.25, 0.3) is 0 Å². The minimum atomic E-state index is -0.100. The van der Waals surface area contributed by atoms with E-state index in [1.165, 1.54) is 19.1 Å². The van der Waals surface area contributed by atoms with E-state index in [2.05, 4.69) is 5.92 Å². The third-order valence-corrected chi connectivity index (χ3v) is 1.50. The molecule has 0 fully saturated rings. The van der Waals surface area contributed by atoms with Crippen LogP contribution in [0, 0.1) is 12.3 Å². The van der Waals surface area contributed by atoms with Crippen LogP contribution in [0.15, 0.2) is 12.2 Å². The van der Waals surface area contributed by atoms with Gasteiger partial charge in [-0.3, -0.25) is 9.59 Å². The second-order valence-electron chi connectivity index (χ2n) is 2.82. The first kappa shape index (κ1) is 11.6. The van der Waals surface area contributed by atoms with Crippen LogP contribution in [0.25, 0.3) is 0 Å². The highest BCUT2D eigenvalue weighted by Gasteiger charge is 1.96. The first-order chi connectivity index (χ1) is 6.16. The van der Waals surface area contributed by atoms with Crippen LogP contribution in [0.5, 0.6) is 0 Å². The quantitative estimate of drug-likeness (QED) is 0.353. The maximum absolute atomic E-state index is 11.0. The molecule has 0 spiro atoms. The summed E-state index contributed by atoms with van der Waals surface area (Å²) in [5.41, 5.74) is 0. The number of unbranched alkanes of at least 4 members (excludes halogenated alkanes) is 2. The van der Waals surface area contributed by atoms with Gasteiger partial charge in [0.2, 0.25) is 0 Å². The van der Waals surface area contributed by atoms with Gasteiger partial charge in [0.1, 0.15) is 0 Å². The molecule has 0 bridgehead atoms. The average molecular weight is 178 g/mol. The van der Waals surface area contributed by atoms with Crippen LogP contribution >= 0.6 is 0 Å². The number of hydrogen-bond donors (Lipinski definition) is 0. The summed E-state index contributed by atoms with van der Waals surface area (Å²) in [6.07, 6.45) is 10.5. The van der Waals surface area contributed by atoms with Gasteiger partial charge in [-0.25, -0.2) is 0 Å². The standard InChI is InChI=1S/C11H14O2/c1-3-4-5-6-7-11(13)9-8-10(2)12/h1,8-9H,4-7H2,2H3/b9-8+. The Bertz CT molecular complexity index is 243. The Morgan fingerprint density at radius 3 is 2.54 bits per heavy atom. The molecular formula is C11H14O2. The Hall–Kier alpha value is -1.36. The first-order valence-electron chi connectivity index (χ1n) is 4.31. The average Bonchev–Trinajstić information content (AvgIpc) is 2.09. The van der Waals surface area contributed by atoms with E-state index in [4.69, 9.17) is 6.42 Å². The molecule has 70 valence electrons. The lowest BCUT2D eigenvalue weighted by molar-refractivity contribution is -0.116. The molecule has 2 nitrogen and oxygen atoms in total. The van der Waals surface area contributed by atoms with E-state index >= 15 is 0 Å². The fourth-order valence-corrected chi connectivity index (χ4v) is 0.820. The zero-order chi connectivity index (χ0) is 10.1. The van der Waals surface area contributed by atoms with E-state index in [-0.39, 0.29) is 11.6 Å². The van der Waals surface area contributed by atoms with Crippen molar-refractivity contribution in [3.63, 3.8) is 0 Å². The molecule has 0 aliphatic carbocycles. The highest BCUT2D eigenvalue weighted by molar-refractivity contribution is 5.97. The third kappa shape index (κ3) is 8.55. The summed E-state index contributed by atoms with van der Waals surface area (Å²) in [5.74, 6) is 2.40. The minimum Gasteiger partial charge on any atom is -0.295 e. The Morgan fingerprint density at radius 1 is 1.31 bits per heavy atom. The second-order valence-corrected chi connectivity index (χ2v) is 2.82. The van der Waals surface area contributed by atoms with E-state index in [0.29, 0.717) is 12.8 Å². The van der Waals surface area contributed by atoms with Gasteiger partial charge in [0.15, 0.2) is 11.6 Å². The molecule has 0 rings (SSSR count). The number of carbonyl (C=O) groups is 2. The van der Waals surface area contributed by atoms with Crippen molar-refractivity contribution in [2.45, 2.75) is 32.6 Å². The fourth-order valence-electron chi connectivity index (χ4n) is 0.820. The normalized spacial score (nSPS) is 9.85. The van der Waals surface area contributed by atoms with Crippen molar-refractivity contribution < 1.29 is 9.59 Å². The molecule has 0 atom stereocenters. The molecule has 0 unspecified atom stereocenters. The van der Waals surface area contributed by atoms with Crippen LogP contribution in [0.2, 0.25) is 0 Å². The molecule has 0 amide bonds. The molecule has 0 aliphatic heterocycles. The SMILES string of the molecule is C#CCCCCC(=O)/C=C/C(C)=O. The van der Waals surface area contributed by atoms with Crippen molar-refractivity contribution in [3.05, 3.63) is 12.2 Å². The van der Waals surface area contributed by atoms with Gasteiger partial charge >= 0.3 is 0 Å². The topological polar surface area (TPSA) is 34.1 Å². The van der Waals surface area contributed by atoms with Gasteiger partial charge in [-0.2, -0.15) is 0 Å². The molecule has 13 heavy (non-hydrogen) atoms. The summed E-state index contributed by atoms with van der Waals surface area (Å²) < 4.78 is 0. The van der Waals surface area contributed by atoms with Crippen molar-refractivity contribution in [1.29, 1.82) is 0 Å². The summed E-state index contributed by atoms with van der Waals surface area (Å²) in [6, 6.07) is 0. The summed E-state index contributed by atoms with van der Waals surface area (Å²) in [5, 5.41) is 0. The van der Waals surface area contributed by atoms with Gasteiger partial charge in [-0.1, -0.05) is 0 Å². The number of ketones is 2. The summed E-state index contributed by atoms with van der Waals surface area (Å²) >= 11 is 0. The number of rotatable bonds is 6. The molecular weight excluding hydrogens is 164 g/mol. The van der Waals surface area contributed by atoms with Crippen molar-refractivity contribution in [3.8, 4) is 12.3 Å². The van der Waals surface area contributed by atoms with Crippen molar-refractivity contribution >= 4 is 11.6 Å². The molecule has 2 heteroatoms. The highest BCUT2D eigenvalue weighted by Crippen LogP contribution is 2.00. The molecule has 0 aromatic heterocycles. The number of terminal acetylenes is 1. The third-order valence-electron chi connectivity index (χ3n) is 1.50. The molecule has 0 aromatic rings. The van der Waals surface area contributed by atoms with E-state index in [9.17, 15) is 9.59 Å². The van der Waals surface area contributed by atoms with Gasteiger partial charge in [0.05, 0.1) is 0 Å². The fraction of sp³-hybridized carbons (Fsp3) is 0.455.